The summed E-state index contributed by atoms with van der Waals surface area (Å²) in [6.45, 7) is 0. The zero-order valence-electron chi connectivity index (χ0n) is 13.7. The van der Waals surface area contributed by atoms with Crippen molar-refractivity contribution in [1.29, 1.82) is 0 Å². The van der Waals surface area contributed by atoms with Gasteiger partial charge in [-0.3, -0.25) is 0 Å². The van der Waals surface area contributed by atoms with Crippen LogP contribution >= 0.6 is 0 Å². The van der Waals surface area contributed by atoms with E-state index in [0.717, 1.165) is 36.1 Å². The highest BCUT2D eigenvalue weighted by atomic mass is 19.1. The number of piperidine rings is 1. The number of nitrogens with zero attached hydrogens (tertiary/aromatic N) is 1. The average Bonchev–Trinajstić information content (AvgIpc) is 2.61. The fourth-order valence-electron chi connectivity index (χ4n) is 4.43. The van der Waals surface area contributed by atoms with Crippen molar-refractivity contribution < 1.29 is 14.0 Å². The molecule has 2 bridgehead atoms. The molecule has 1 saturated heterocycles. The summed E-state index contributed by atoms with van der Waals surface area (Å²) in [7, 11) is 0. The van der Waals surface area contributed by atoms with Crippen LogP contribution in [0.15, 0.2) is 53.7 Å². The fourth-order valence-corrected chi connectivity index (χ4v) is 4.43. The third-order valence-electron chi connectivity index (χ3n) is 5.48. The Kier molecular flexibility index (Phi) is 4.25. The van der Waals surface area contributed by atoms with E-state index >= 15 is 0 Å². The number of nitrogens with one attached hydrogen (secondary N) is 1. The van der Waals surface area contributed by atoms with Crippen LogP contribution in [0.3, 0.4) is 0 Å². The van der Waals surface area contributed by atoms with Gasteiger partial charge in [0, 0.05) is 23.9 Å². The van der Waals surface area contributed by atoms with Crippen molar-refractivity contribution in [2.24, 2.45) is 17.0 Å². The Morgan fingerprint density at radius 3 is 1.84 bits per heavy atom. The molecule has 25 heavy (non-hydrogen) atoms. The predicted molar refractivity (Wildman–Crippen MR) is 91.5 cm³/mol. The topological polar surface area (TPSA) is 44.6 Å². The Morgan fingerprint density at radius 1 is 0.880 bits per heavy atom. The molecule has 2 aromatic rings. The van der Waals surface area contributed by atoms with Gasteiger partial charge in [0.25, 0.3) is 0 Å². The first kappa shape index (κ1) is 16.2. The number of benzene rings is 2. The minimum Gasteiger partial charge on any atom is -0.411 e. The van der Waals surface area contributed by atoms with Gasteiger partial charge < -0.3 is 10.5 Å². The van der Waals surface area contributed by atoms with Crippen molar-refractivity contribution in [1.82, 2.24) is 5.32 Å². The molecule has 4 atom stereocenters. The van der Waals surface area contributed by atoms with Gasteiger partial charge >= 0.3 is 0 Å². The molecule has 1 heterocycles. The summed E-state index contributed by atoms with van der Waals surface area (Å²) < 4.78 is 27.5. The van der Waals surface area contributed by atoms with E-state index in [4.69, 9.17) is 0 Å². The Labute approximate surface area is 145 Å². The lowest BCUT2D eigenvalue weighted by Gasteiger charge is -2.46. The van der Waals surface area contributed by atoms with Crippen molar-refractivity contribution in [3.05, 3.63) is 71.3 Å². The summed E-state index contributed by atoms with van der Waals surface area (Å²) in [6.07, 6.45) is 2.79. The molecule has 5 heteroatoms. The molecule has 1 aliphatic carbocycles. The maximum atomic E-state index is 13.7. The standard InChI is InChI=1S/C20H20F2N2O/c21-14-6-1-4-12(10-14)18-16-8-3-9-17(20(16)24-25)19(23-18)13-5-2-7-15(22)11-13/h1-2,4-7,10-11,16-19,23,25H,3,8-9H2/t16-,17+,18?,19?. The Morgan fingerprint density at radius 2 is 1.40 bits per heavy atom. The maximum Gasteiger partial charge on any atom is 0.123 e. The van der Waals surface area contributed by atoms with Gasteiger partial charge in [-0.15, -0.1) is 0 Å². The monoisotopic (exact) mass is 342 g/mol. The molecular formula is C20H20F2N2O. The Balaban J connectivity index is 1.78. The van der Waals surface area contributed by atoms with Crippen LogP contribution in [0.2, 0.25) is 0 Å². The van der Waals surface area contributed by atoms with Crippen LogP contribution < -0.4 is 5.32 Å². The average molecular weight is 342 g/mol. The van der Waals surface area contributed by atoms with Gasteiger partial charge in [-0.05, 0) is 48.2 Å². The quantitative estimate of drug-likeness (QED) is 0.619. The molecule has 3 nitrogen and oxygen atoms in total. The van der Waals surface area contributed by atoms with E-state index in [1.165, 1.54) is 24.3 Å². The molecule has 4 rings (SSSR count). The van der Waals surface area contributed by atoms with Gasteiger partial charge in [0.05, 0.1) is 5.71 Å². The maximum absolute atomic E-state index is 13.7. The molecule has 2 fully saturated rings. The van der Waals surface area contributed by atoms with E-state index in [-0.39, 0.29) is 35.6 Å². The lowest BCUT2D eigenvalue weighted by Crippen LogP contribution is -2.50. The van der Waals surface area contributed by atoms with Gasteiger partial charge in [0.15, 0.2) is 0 Å². The highest BCUT2D eigenvalue weighted by Crippen LogP contribution is 2.46. The van der Waals surface area contributed by atoms with Crippen molar-refractivity contribution in [2.45, 2.75) is 31.3 Å². The van der Waals surface area contributed by atoms with Crippen molar-refractivity contribution in [3.8, 4) is 0 Å². The minimum absolute atomic E-state index is 0.0235. The number of fused-ring (bicyclic) bond motifs is 2. The number of oxime groups is 1. The first-order valence-corrected chi connectivity index (χ1v) is 8.66. The van der Waals surface area contributed by atoms with Gasteiger partial charge in [0.2, 0.25) is 0 Å². The van der Waals surface area contributed by atoms with Crippen LogP contribution in [0, 0.1) is 23.5 Å². The van der Waals surface area contributed by atoms with E-state index in [0.29, 0.717) is 0 Å². The van der Waals surface area contributed by atoms with E-state index in [2.05, 4.69) is 10.5 Å². The zero-order chi connectivity index (χ0) is 17.4. The highest BCUT2D eigenvalue weighted by molar-refractivity contribution is 5.91. The molecular weight excluding hydrogens is 322 g/mol. The number of hydrogen-bond acceptors (Lipinski definition) is 3. The van der Waals surface area contributed by atoms with Crippen LogP contribution in [0.5, 0.6) is 0 Å². The first-order chi connectivity index (χ1) is 12.2. The second kappa shape index (κ2) is 6.56. The first-order valence-electron chi connectivity index (χ1n) is 8.66. The Hall–Kier alpha value is -2.27. The molecule has 1 aliphatic heterocycles. The van der Waals surface area contributed by atoms with Gasteiger partial charge in [-0.25, -0.2) is 8.78 Å². The van der Waals surface area contributed by atoms with Crippen molar-refractivity contribution in [2.75, 3.05) is 0 Å². The second-order valence-electron chi connectivity index (χ2n) is 6.90. The lowest BCUT2D eigenvalue weighted by molar-refractivity contribution is 0.214. The van der Waals surface area contributed by atoms with E-state index in [1.807, 2.05) is 12.1 Å². The predicted octanol–water partition coefficient (Wildman–Crippen LogP) is 4.60. The van der Waals surface area contributed by atoms with Gasteiger partial charge in [0.1, 0.15) is 11.6 Å². The molecule has 0 spiro atoms. The van der Waals surface area contributed by atoms with Crippen LogP contribution in [0.1, 0.15) is 42.5 Å². The smallest absolute Gasteiger partial charge is 0.123 e. The van der Waals surface area contributed by atoms with Crippen LogP contribution in [-0.4, -0.2) is 10.9 Å². The third-order valence-corrected chi connectivity index (χ3v) is 5.48. The second-order valence-corrected chi connectivity index (χ2v) is 6.90. The molecule has 2 aromatic carbocycles. The molecule has 130 valence electrons. The molecule has 1 saturated carbocycles. The van der Waals surface area contributed by atoms with Crippen LogP contribution in [-0.2, 0) is 0 Å². The minimum atomic E-state index is -0.290. The molecule has 2 unspecified atom stereocenters. The number of halogens is 2. The third kappa shape index (κ3) is 2.93. The summed E-state index contributed by atoms with van der Waals surface area (Å²) >= 11 is 0. The summed E-state index contributed by atoms with van der Waals surface area (Å²) in [5, 5.41) is 16.8. The molecule has 2 aliphatic rings. The molecule has 2 N–H and O–H groups in total. The zero-order valence-corrected chi connectivity index (χ0v) is 13.7. The normalized spacial score (nSPS) is 30.4. The molecule has 0 radical (unpaired) electrons. The summed E-state index contributed by atoms with van der Waals surface area (Å²) in [5.41, 5.74) is 2.40. The van der Waals surface area contributed by atoms with E-state index < -0.39 is 0 Å². The van der Waals surface area contributed by atoms with Crippen molar-refractivity contribution in [3.63, 3.8) is 0 Å². The van der Waals surface area contributed by atoms with E-state index in [9.17, 15) is 14.0 Å². The van der Waals surface area contributed by atoms with Crippen molar-refractivity contribution >= 4 is 5.71 Å². The summed E-state index contributed by atoms with van der Waals surface area (Å²) in [6, 6.07) is 12.7. The fraction of sp³-hybridized carbons (Fsp3) is 0.350. The highest BCUT2D eigenvalue weighted by Gasteiger charge is 2.45. The van der Waals surface area contributed by atoms with Gasteiger partial charge in [-0.1, -0.05) is 35.8 Å². The number of rotatable bonds is 2. The summed E-state index contributed by atoms with van der Waals surface area (Å²) in [5.74, 6) is -0.533. The van der Waals surface area contributed by atoms with E-state index in [1.54, 1.807) is 12.1 Å². The largest absolute Gasteiger partial charge is 0.411 e. The van der Waals surface area contributed by atoms with Crippen LogP contribution in [0.4, 0.5) is 8.78 Å². The van der Waals surface area contributed by atoms with Gasteiger partial charge in [-0.2, -0.15) is 0 Å². The molecule has 0 amide bonds. The lowest BCUT2D eigenvalue weighted by atomic mass is 9.67. The molecule has 0 aromatic heterocycles. The van der Waals surface area contributed by atoms with Crippen LogP contribution in [0.25, 0.3) is 0 Å². The summed E-state index contributed by atoms with van der Waals surface area (Å²) in [4.78, 5) is 0. The Bertz CT molecular complexity index is 746. The SMILES string of the molecule is ON=C1[C@H]2CCC[C@@H]1C(c1cccc(F)c1)NC2c1cccc(F)c1. The number of hydrogen-bond donors (Lipinski definition) is 2.